The number of benzene rings is 1. The lowest BCUT2D eigenvalue weighted by Gasteiger charge is -2.44. The standard InChI is InChI=1S/C15H17NO4/c17-12(18)14-6-7-15(9-14,10-14)16-13(19)20-8-11-4-2-1-3-5-11/h1-5H,6-10H2,(H,16,19)(H,17,18). The SMILES string of the molecule is O=C(NC12CCC(C(=O)O)(C1)C2)OCc1ccccc1. The Labute approximate surface area is 116 Å². The third-order valence-corrected chi connectivity index (χ3v) is 4.47. The van der Waals surface area contributed by atoms with Gasteiger partial charge in [-0.1, -0.05) is 30.3 Å². The van der Waals surface area contributed by atoms with E-state index in [1.165, 1.54) is 0 Å². The van der Waals surface area contributed by atoms with Crippen LogP contribution in [0.1, 0.15) is 31.2 Å². The number of amides is 1. The van der Waals surface area contributed by atoms with Gasteiger partial charge in [0.25, 0.3) is 0 Å². The van der Waals surface area contributed by atoms with Gasteiger partial charge in [0.2, 0.25) is 0 Å². The second kappa shape index (κ2) is 4.51. The van der Waals surface area contributed by atoms with Gasteiger partial charge in [-0.3, -0.25) is 4.79 Å². The van der Waals surface area contributed by atoms with Crippen molar-refractivity contribution < 1.29 is 19.4 Å². The quantitative estimate of drug-likeness (QED) is 0.884. The molecule has 0 spiro atoms. The van der Waals surface area contributed by atoms with E-state index in [1.807, 2.05) is 30.3 Å². The molecule has 3 fully saturated rings. The zero-order valence-electron chi connectivity index (χ0n) is 11.1. The summed E-state index contributed by atoms with van der Waals surface area (Å²) in [5, 5.41) is 12.0. The fourth-order valence-electron chi connectivity index (χ4n) is 3.46. The molecule has 3 aliphatic carbocycles. The molecule has 0 atom stereocenters. The Morgan fingerprint density at radius 2 is 1.90 bits per heavy atom. The van der Waals surface area contributed by atoms with Crippen molar-refractivity contribution in [2.24, 2.45) is 5.41 Å². The number of hydrogen-bond acceptors (Lipinski definition) is 3. The normalized spacial score (nSPS) is 30.4. The lowest BCUT2D eigenvalue weighted by molar-refractivity contribution is -0.154. The molecule has 3 saturated carbocycles. The first kappa shape index (κ1) is 13.0. The number of alkyl carbamates (subject to hydrolysis) is 1. The van der Waals surface area contributed by atoms with E-state index in [0.29, 0.717) is 19.3 Å². The lowest BCUT2D eigenvalue weighted by atomic mass is 9.65. The largest absolute Gasteiger partial charge is 0.481 e. The number of carbonyl (C=O) groups is 2. The molecular weight excluding hydrogens is 258 g/mol. The van der Waals surface area contributed by atoms with Gasteiger partial charge >= 0.3 is 12.1 Å². The Bertz CT molecular complexity index is 534. The van der Waals surface area contributed by atoms with E-state index >= 15 is 0 Å². The predicted molar refractivity (Wildman–Crippen MR) is 71.0 cm³/mol. The first-order valence-electron chi connectivity index (χ1n) is 6.76. The molecule has 20 heavy (non-hydrogen) atoms. The van der Waals surface area contributed by atoms with Crippen LogP contribution >= 0.6 is 0 Å². The van der Waals surface area contributed by atoms with Crippen LogP contribution in [-0.4, -0.2) is 22.7 Å². The van der Waals surface area contributed by atoms with Crippen molar-refractivity contribution in [3.63, 3.8) is 0 Å². The topological polar surface area (TPSA) is 75.6 Å². The second-order valence-corrected chi connectivity index (χ2v) is 5.91. The van der Waals surface area contributed by atoms with Gasteiger partial charge in [-0.05, 0) is 31.2 Å². The number of fused-ring (bicyclic) bond motifs is 1. The van der Waals surface area contributed by atoms with Gasteiger partial charge in [0.15, 0.2) is 0 Å². The number of carboxylic acids is 1. The Hall–Kier alpha value is -2.04. The summed E-state index contributed by atoms with van der Waals surface area (Å²) < 4.78 is 5.18. The van der Waals surface area contributed by atoms with Gasteiger partial charge in [0.05, 0.1) is 5.41 Å². The summed E-state index contributed by atoms with van der Waals surface area (Å²) in [6.07, 6.45) is 1.95. The maximum Gasteiger partial charge on any atom is 0.407 e. The molecule has 0 heterocycles. The molecule has 1 aromatic carbocycles. The maximum atomic E-state index is 11.8. The molecule has 0 aliphatic heterocycles. The van der Waals surface area contributed by atoms with Crippen molar-refractivity contribution in [3.8, 4) is 0 Å². The highest BCUT2D eigenvalue weighted by Crippen LogP contribution is 2.61. The van der Waals surface area contributed by atoms with E-state index < -0.39 is 17.5 Å². The van der Waals surface area contributed by atoms with Gasteiger partial charge in [-0.25, -0.2) is 4.79 Å². The summed E-state index contributed by atoms with van der Waals surface area (Å²) in [7, 11) is 0. The molecule has 3 aliphatic rings. The minimum Gasteiger partial charge on any atom is -0.481 e. The van der Waals surface area contributed by atoms with Gasteiger partial charge in [0.1, 0.15) is 6.61 Å². The number of rotatable bonds is 4. The molecular formula is C15H17NO4. The van der Waals surface area contributed by atoms with Gasteiger partial charge in [-0.15, -0.1) is 0 Å². The average molecular weight is 275 g/mol. The molecule has 2 bridgehead atoms. The molecule has 0 aromatic heterocycles. The molecule has 0 radical (unpaired) electrons. The summed E-state index contributed by atoms with van der Waals surface area (Å²) in [5.74, 6) is -0.745. The molecule has 1 amide bonds. The molecule has 4 rings (SSSR count). The third-order valence-electron chi connectivity index (χ3n) is 4.47. The van der Waals surface area contributed by atoms with E-state index in [9.17, 15) is 9.59 Å². The van der Waals surface area contributed by atoms with Crippen LogP contribution in [0.2, 0.25) is 0 Å². The number of carboxylic acid groups (broad SMARTS) is 1. The fraction of sp³-hybridized carbons (Fsp3) is 0.467. The molecule has 0 saturated heterocycles. The molecule has 5 nitrogen and oxygen atoms in total. The summed E-state index contributed by atoms with van der Waals surface area (Å²) in [6.45, 7) is 0.229. The van der Waals surface area contributed by atoms with Crippen molar-refractivity contribution in [3.05, 3.63) is 35.9 Å². The zero-order valence-corrected chi connectivity index (χ0v) is 11.1. The van der Waals surface area contributed by atoms with E-state index in [2.05, 4.69) is 5.32 Å². The Morgan fingerprint density at radius 3 is 2.50 bits per heavy atom. The van der Waals surface area contributed by atoms with Gasteiger partial charge in [0, 0.05) is 5.54 Å². The third kappa shape index (κ3) is 2.13. The van der Waals surface area contributed by atoms with Crippen LogP contribution in [0.3, 0.4) is 0 Å². The highest BCUT2D eigenvalue weighted by atomic mass is 16.5. The first-order valence-corrected chi connectivity index (χ1v) is 6.76. The van der Waals surface area contributed by atoms with E-state index in [0.717, 1.165) is 12.0 Å². The zero-order chi connectivity index (χ0) is 14.2. The molecule has 5 heteroatoms. The van der Waals surface area contributed by atoms with Crippen molar-refractivity contribution in [1.29, 1.82) is 0 Å². The molecule has 2 N–H and O–H groups in total. The molecule has 0 unspecified atom stereocenters. The highest BCUT2D eigenvalue weighted by molar-refractivity contribution is 5.79. The van der Waals surface area contributed by atoms with Crippen molar-refractivity contribution in [1.82, 2.24) is 5.32 Å². The molecule has 106 valence electrons. The number of aliphatic carboxylic acids is 1. The van der Waals surface area contributed by atoms with Gasteiger partial charge in [-0.2, -0.15) is 0 Å². The van der Waals surface area contributed by atoms with Crippen LogP contribution < -0.4 is 5.32 Å². The summed E-state index contributed by atoms with van der Waals surface area (Å²) in [6, 6.07) is 9.46. The number of ether oxygens (including phenoxy) is 1. The summed E-state index contributed by atoms with van der Waals surface area (Å²) in [4.78, 5) is 23.0. The average Bonchev–Trinajstić information content (AvgIpc) is 2.94. The number of carbonyl (C=O) groups excluding carboxylic acids is 1. The summed E-state index contributed by atoms with van der Waals surface area (Å²) in [5.41, 5.74) is -0.0288. The number of hydrogen-bond donors (Lipinski definition) is 2. The smallest absolute Gasteiger partial charge is 0.407 e. The van der Waals surface area contributed by atoms with Crippen LogP contribution in [0.15, 0.2) is 30.3 Å². The Kier molecular flexibility index (Phi) is 2.92. The fourth-order valence-corrected chi connectivity index (χ4v) is 3.46. The minimum atomic E-state index is -0.745. The van der Waals surface area contributed by atoms with Crippen LogP contribution in [0, 0.1) is 5.41 Å². The Morgan fingerprint density at radius 1 is 1.20 bits per heavy atom. The van der Waals surface area contributed by atoms with E-state index in [4.69, 9.17) is 9.84 Å². The maximum absolute atomic E-state index is 11.8. The highest BCUT2D eigenvalue weighted by Gasteiger charge is 2.65. The predicted octanol–water partition coefficient (Wildman–Crippen LogP) is 2.31. The van der Waals surface area contributed by atoms with Crippen LogP contribution in [0.25, 0.3) is 0 Å². The Balaban J connectivity index is 1.50. The van der Waals surface area contributed by atoms with Crippen LogP contribution in [0.5, 0.6) is 0 Å². The minimum absolute atomic E-state index is 0.229. The van der Waals surface area contributed by atoms with Crippen LogP contribution in [0.4, 0.5) is 4.79 Å². The first-order chi connectivity index (χ1) is 9.54. The van der Waals surface area contributed by atoms with E-state index in [-0.39, 0.29) is 12.1 Å². The van der Waals surface area contributed by atoms with Crippen molar-refractivity contribution in [2.75, 3.05) is 0 Å². The lowest BCUT2D eigenvalue weighted by Crippen LogP contribution is -2.57. The second-order valence-electron chi connectivity index (χ2n) is 5.91. The molecule has 1 aromatic rings. The monoisotopic (exact) mass is 275 g/mol. The van der Waals surface area contributed by atoms with Crippen LogP contribution in [-0.2, 0) is 16.1 Å². The van der Waals surface area contributed by atoms with Gasteiger partial charge < -0.3 is 15.2 Å². The summed E-state index contributed by atoms with van der Waals surface area (Å²) >= 11 is 0. The van der Waals surface area contributed by atoms with E-state index in [1.54, 1.807) is 0 Å². The van der Waals surface area contributed by atoms with Crippen molar-refractivity contribution >= 4 is 12.1 Å². The van der Waals surface area contributed by atoms with Crippen molar-refractivity contribution in [2.45, 2.75) is 37.8 Å². The number of nitrogens with one attached hydrogen (secondary N) is 1.